The maximum Gasteiger partial charge on any atom is 0.122 e. The van der Waals surface area contributed by atoms with Gasteiger partial charge < -0.3 is 4.74 Å². The number of ether oxygens (including phenoxy) is 1. The van der Waals surface area contributed by atoms with E-state index in [1.807, 2.05) is 11.3 Å². The fourth-order valence-corrected chi connectivity index (χ4v) is 5.20. The Bertz CT molecular complexity index is 688. The van der Waals surface area contributed by atoms with Gasteiger partial charge in [0.15, 0.2) is 0 Å². The van der Waals surface area contributed by atoms with Crippen LogP contribution in [0.1, 0.15) is 40.5 Å². The van der Waals surface area contributed by atoms with Gasteiger partial charge in [0.1, 0.15) is 5.75 Å². The number of rotatable bonds is 3. The first-order valence-electron chi connectivity index (χ1n) is 8.07. The van der Waals surface area contributed by atoms with Crippen molar-refractivity contribution < 1.29 is 4.74 Å². The van der Waals surface area contributed by atoms with Crippen LogP contribution in [0.3, 0.4) is 0 Å². The molecule has 0 saturated heterocycles. The van der Waals surface area contributed by atoms with E-state index in [1.54, 1.807) is 12.0 Å². The van der Waals surface area contributed by atoms with Crippen LogP contribution in [-0.2, 0) is 11.8 Å². The molecule has 1 aromatic heterocycles. The highest BCUT2D eigenvalue weighted by atomic mass is 32.1. The van der Waals surface area contributed by atoms with Crippen molar-refractivity contribution in [1.82, 2.24) is 4.90 Å². The smallest absolute Gasteiger partial charge is 0.122 e. The zero-order valence-corrected chi connectivity index (χ0v) is 14.4. The van der Waals surface area contributed by atoms with E-state index in [4.69, 9.17) is 4.74 Å². The average molecular weight is 313 g/mol. The molecule has 0 amide bonds. The number of nitrogens with zero attached hydrogens (tertiary/aromatic N) is 1. The second-order valence-corrected chi connectivity index (χ2v) is 7.73. The van der Waals surface area contributed by atoms with Crippen LogP contribution in [0, 0.1) is 6.92 Å². The molecule has 0 bridgehead atoms. The van der Waals surface area contributed by atoms with Crippen molar-refractivity contribution in [3.05, 3.63) is 51.2 Å². The Labute approximate surface area is 136 Å². The largest absolute Gasteiger partial charge is 0.496 e. The zero-order chi connectivity index (χ0) is 15.3. The summed E-state index contributed by atoms with van der Waals surface area (Å²) in [6.45, 7) is 3.30. The number of thiophene rings is 1. The molecule has 1 atom stereocenters. The Morgan fingerprint density at radius 3 is 2.77 bits per heavy atom. The van der Waals surface area contributed by atoms with Gasteiger partial charge in [-0.25, -0.2) is 0 Å². The standard InChI is InChI=1S/C19H23NOS/c1-13-11-14-6-9-20(2)18(15(14)12-16(13)21-3)19(7-8-19)17-5-4-10-22-17/h4-5,10-12,18H,6-9H2,1-3H3. The van der Waals surface area contributed by atoms with E-state index in [-0.39, 0.29) is 0 Å². The summed E-state index contributed by atoms with van der Waals surface area (Å²) in [4.78, 5) is 4.11. The summed E-state index contributed by atoms with van der Waals surface area (Å²) >= 11 is 1.92. The lowest BCUT2D eigenvalue weighted by atomic mass is 9.81. The van der Waals surface area contributed by atoms with Crippen molar-refractivity contribution in [2.24, 2.45) is 0 Å². The molecule has 2 aromatic rings. The van der Waals surface area contributed by atoms with Crippen molar-refractivity contribution in [3.63, 3.8) is 0 Å². The molecule has 0 radical (unpaired) electrons. The van der Waals surface area contributed by atoms with Crippen molar-refractivity contribution >= 4 is 11.3 Å². The van der Waals surface area contributed by atoms with Crippen molar-refractivity contribution in [1.29, 1.82) is 0 Å². The molecule has 4 rings (SSSR count). The molecule has 2 nitrogen and oxygen atoms in total. The van der Waals surface area contributed by atoms with Gasteiger partial charge in [0.2, 0.25) is 0 Å². The lowest BCUT2D eigenvalue weighted by Crippen LogP contribution is -2.39. The summed E-state index contributed by atoms with van der Waals surface area (Å²) in [6, 6.07) is 9.66. The van der Waals surface area contributed by atoms with E-state index in [1.165, 1.54) is 29.5 Å². The molecular formula is C19H23NOS. The maximum atomic E-state index is 5.60. The third kappa shape index (κ3) is 2.03. The van der Waals surface area contributed by atoms with Gasteiger partial charge in [-0.05, 0) is 67.4 Å². The average Bonchev–Trinajstić information content (AvgIpc) is 3.11. The molecular weight excluding hydrogens is 290 g/mol. The lowest BCUT2D eigenvalue weighted by Gasteiger charge is -2.40. The van der Waals surface area contributed by atoms with E-state index >= 15 is 0 Å². The Morgan fingerprint density at radius 2 is 2.14 bits per heavy atom. The molecule has 1 aliphatic heterocycles. The molecule has 116 valence electrons. The minimum atomic E-state index is 0.332. The molecule has 3 heteroatoms. The highest BCUT2D eigenvalue weighted by Gasteiger charge is 2.54. The quantitative estimate of drug-likeness (QED) is 0.836. The van der Waals surface area contributed by atoms with Crippen LogP contribution >= 0.6 is 11.3 Å². The number of methoxy groups -OCH3 is 1. The number of aryl methyl sites for hydroxylation is 1. The van der Waals surface area contributed by atoms with Crippen LogP contribution < -0.4 is 4.74 Å². The van der Waals surface area contributed by atoms with Crippen LogP contribution in [0.2, 0.25) is 0 Å². The topological polar surface area (TPSA) is 12.5 Å². The predicted octanol–water partition coefficient (Wildman–Crippen LogP) is 4.33. The van der Waals surface area contributed by atoms with E-state index in [0.717, 1.165) is 18.7 Å². The Morgan fingerprint density at radius 1 is 1.32 bits per heavy atom. The van der Waals surface area contributed by atoms with Crippen LogP contribution in [0.15, 0.2) is 29.6 Å². The molecule has 1 aliphatic carbocycles. The van der Waals surface area contributed by atoms with Gasteiger partial charge in [-0.3, -0.25) is 4.90 Å². The Kier molecular flexibility index (Phi) is 3.31. The molecule has 1 unspecified atom stereocenters. The number of fused-ring (bicyclic) bond motifs is 1. The minimum absolute atomic E-state index is 0.332. The van der Waals surface area contributed by atoms with Gasteiger partial charge in [-0.15, -0.1) is 11.3 Å². The summed E-state index contributed by atoms with van der Waals surface area (Å²) in [5, 5.41) is 2.22. The molecule has 22 heavy (non-hydrogen) atoms. The van der Waals surface area contributed by atoms with E-state index in [2.05, 4.69) is 48.5 Å². The van der Waals surface area contributed by atoms with Crippen molar-refractivity contribution in [2.75, 3.05) is 20.7 Å². The van der Waals surface area contributed by atoms with Crippen LogP contribution in [0.4, 0.5) is 0 Å². The third-order valence-corrected chi connectivity index (χ3v) is 6.54. The molecule has 0 N–H and O–H groups in total. The monoisotopic (exact) mass is 313 g/mol. The minimum Gasteiger partial charge on any atom is -0.496 e. The van der Waals surface area contributed by atoms with Crippen LogP contribution in [0.5, 0.6) is 5.75 Å². The summed E-state index contributed by atoms with van der Waals surface area (Å²) in [6.07, 6.45) is 3.75. The van der Waals surface area contributed by atoms with Gasteiger partial charge in [-0.1, -0.05) is 12.1 Å². The van der Waals surface area contributed by atoms with E-state index in [9.17, 15) is 0 Å². The van der Waals surface area contributed by atoms with Gasteiger partial charge in [0.05, 0.1) is 7.11 Å². The maximum absolute atomic E-state index is 5.60. The predicted molar refractivity (Wildman–Crippen MR) is 92.0 cm³/mol. The number of hydrogen-bond acceptors (Lipinski definition) is 3. The summed E-state index contributed by atoms with van der Waals surface area (Å²) < 4.78 is 5.60. The zero-order valence-electron chi connectivity index (χ0n) is 13.6. The normalized spacial score (nSPS) is 23.1. The first-order valence-corrected chi connectivity index (χ1v) is 8.95. The number of hydrogen-bond donors (Lipinski definition) is 0. The van der Waals surface area contributed by atoms with Crippen LogP contribution in [-0.4, -0.2) is 25.6 Å². The molecule has 0 spiro atoms. The molecule has 1 aromatic carbocycles. The van der Waals surface area contributed by atoms with Gasteiger partial charge in [-0.2, -0.15) is 0 Å². The van der Waals surface area contributed by atoms with Crippen molar-refractivity contribution in [3.8, 4) is 5.75 Å². The Hall–Kier alpha value is -1.32. The van der Waals surface area contributed by atoms with E-state index < -0.39 is 0 Å². The molecule has 2 aliphatic rings. The van der Waals surface area contributed by atoms with Crippen molar-refractivity contribution in [2.45, 2.75) is 37.6 Å². The van der Waals surface area contributed by atoms with Gasteiger partial charge >= 0.3 is 0 Å². The first-order chi connectivity index (χ1) is 10.7. The fourth-order valence-electron chi connectivity index (χ4n) is 4.19. The first kappa shape index (κ1) is 14.3. The number of likely N-dealkylation sites (N-methyl/N-ethyl adjacent to an activating group) is 1. The van der Waals surface area contributed by atoms with E-state index in [0.29, 0.717) is 11.5 Å². The highest BCUT2D eigenvalue weighted by molar-refractivity contribution is 7.10. The van der Waals surface area contributed by atoms with Gasteiger partial charge in [0, 0.05) is 22.9 Å². The second kappa shape index (κ2) is 5.10. The van der Waals surface area contributed by atoms with Gasteiger partial charge in [0.25, 0.3) is 0 Å². The SMILES string of the molecule is COc1cc2c(cc1C)CCN(C)C2C1(c2cccs2)CC1. The highest BCUT2D eigenvalue weighted by Crippen LogP contribution is 2.61. The molecule has 1 fully saturated rings. The lowest BCUT2D eigenvalue weighted by molar-refractivity contribution is 0.188. The fraction of sp³-hybridized carbons (Fsp3) is 0.474. The van der Waals surface area contributed by atoms with Crippen LogP contribution in [0.25, 0.3) is 0 Å². The summed E-state index contributed by atoms with van der Waals surface area (Å²) in [5.41, 5.74) is 4.59. The molecule has 1 saturated carbocycles. The summed E-state index contributed by atoms with van der Waals surface area (Å²) in [7, 11) is 4.07. The molecule has 2 heterocycles. The second-order valence-electron chi connectivity index (χ2n) is 6.79. The third-order valence-electron chi connectivity index (χ3n) is 5.45. The summed E-state index contributed by atoms with van der Waals surface area (Å²) in [5.74, 6) is 1.03. The number of benzene rings is 1. The Balaban J connectivity index is 1.84.